The van der Waals surface area contributed by atoms with Crippen LogP contribution in [0, 0.1) is 13.8 Å². The van der Waals surface area contributed by atoms with Crippen molar-refractivity contribution in [3.63, 3.8) is 0 Å². The lowest BCUT2D eigenvalue weighted by molar-refractivity contribution is 0.591. The lowest BCUT2D eigenvalue weighted by Crippen LogP contribution is -2.11. The Morgan fingerprint density at radius 3 is 2.55 bits per heavy atom. The minimum atomic E-state index is -3.52. The summed E-state index contributed by atoms with van der Waals surface area (Å²) in [5.41, 5.74) is 7.87. The van der Waals surface area contributed by atoms with Crippen molar-refractivity contribution in [2.75, 3.05) is 5.73 Å². The van der Waals surface area contributed by atoms with E-state index in [0.29, 0.717) is 27.7 Å². The average Bonchev–Trinajstić information content (AvgIpc) is 2.59. The highest BCUT2D eigenvalue weighted by atomic mass is 35.5. The molecule has 0 saturated carbocycles. The van der Waals surface area contributed by atoms with Crippen LogP contribution in [-0.2, 0) is 22.6 Å². The van der Waals surface area contributed by atoms with Gasteiger partial charge in [0, 0.05) is 12.7 Å². The first-order valence-corrected chi connectivity index (χ1v) is 8.03. The number of nitrogen functional groups attached to an aromatic ring is 1. The predicted molar refractivity (Wildman–Crippen MR) is 79.4 cm³/mol. The number of nitrogens with two attached hydrogens (primary N) is 1. The molecule has 0 aliphatic rings. The molecule has 0 saturated heterocycles. The average molecular weight is 314 g/mol. The molecule has 2 N–H and O–H groups in total. The molecule has 1 aromatic heterocycles. The second kappa shape index (κ2) is 5.10. The van der Waals surface area contributed by atoms with E-state index < -0.39 is 9.84 Å². The van der Waals surface area contributed by atoms with E-state index >= 15 is 0 Å². The number of hydrogen-bond acceptors (Lipinski definition) is 4. The Morgan fingerprint density at radius 2 is 2.00 bits per heavy atom. The number of halogens is 1. The normalized spacial score (nSPS) is 11.8. The highest BCUT2D eigenvalue weighted by Gasteiger charge is 2.23. The SMILES string of the molecule is Cc1nn(C)c(CS(=O)(=O)c2cccc(N)c2C)c1Cl. The monoisotopic (exact) mass is 313 g/mol. The van der Waals surface area contributed by atoms with Gasteiger partial charge in [-0.25, -0.2) is 8.42 Å². The first kappa shape index (κ1) is 14.9. The van der Waals surface area contributed by atoms with E-state index in [1.54, 1.807) is 39.1 Å². The lowest BCUT2D eigenvalue weighted by atomic mass is 10.2. The third-order valence-corrected chi connectivity index (χ3v) is 5.51. The Kier molecular flexibility index (Phi) is 3.80. The van der Waals surface area contributed by atoms with Crippen molar-refractivity contribution < 1.29 is 8.42 Å². The summed E-state index contributed by atoms with van der Waals surface area (Å²) in [6.07, 6.45) is 0. The number of hydrogen-bond donors (Lipinski definition) is 1. The molecule has 0 bridgehead atoms. The number of rotatable bonds is 3. The quantitative estimate of drug-likeness (QED) is 0.882. The van der Waals surface area contributed by atoms with Crippen LogP contribution in [0.5, 0.6) is 0 Å². The molecule has 0 aliphatic carbocycles. The molecule has 0 amide bonds. The van der Waals surface area contributed by atoms with Gasteiger partial charge in [0.25, 0.3) is 0 Å². The highest BCUT2D eigenvalue weighted by Crippen LogP contribution is 2.27. The number of aromatic nitrogens is 2. The van der Waals surface area contributed by atoms with Gasteiger partial charge in [-0.1, -0.05) is 17.7 Å². The lowest BCUT2D eigenvalue weighted by Gasteiger charge is -2.10. The highest BCUT2D eigenvalue weighted by molar-refractivity contribution is 7.90. The largest absolute Gasteiger partial charge is 0.398 e. The summed E-state index contributed by atoms with van der Waals surface area (Å²) >= 11 is 6.11. The smallest absolute Gasteiger partial charge is 0.184 e. The Labute approximate surface area is 123 Å². The van der Waals surface area contributed by atoms with Crippen LogP contribution in [0.2, 0.25) is 5.02 Å². The van der Waals surface area contributed by atoms with Gasteiger partial charge >= 0.3 is 0 Å². The number of aryl methyl sites for hydroxylation is 2. The molecule has 7 heteroatoms. The molecule has 1 heterocycles. The minimum absolute atomic E-state index is 0.201. The Balaban J connectivity index is 2.49. The first-order valence-electron chi connectivity index (χ1n) is 6.00. The van der Waals surface area contributed by atoms with E-state index in [2.05, 4.69) is 5.10 Å². The van der Waals surface area contributed by atoms with Crippen LogP contribution in [0.4, 0.5) is 5.69 Å². The van der Waals surface area contributed by atoms with E-state index in [4.69, 9.17) is 17.3 Å². The molecular formula is C13H16ClN3O2S. The molecule has 0 aliphatic heterocycles. The van der Waals surface area contributed by atoms with Gasteiger partial charge in [-0.15, -0.1) is 0 Å². The number of nitrogens with zero attached hydrogens (tertiary/aromatic N) is 2. The third-order valence-electron chi connectivity index (χ3n) is 3.25. The van der Waals surface area contributed by atoms with E-state index in [1.165, 1.54) is 4.68 Å². The summed E-state index contributed by atoms with van der Waals surface area (Å²) in [7, 11) is -1.85. The fourth-order valence-electron chi connectivity index (χ4n) is 2.06. The van der Waals surface area contributed by atoms with Crippen LogP contribution in [0.1, 0.15) is 17.0 Å². The van der Waals surface area contributed by atoms with Gasteiger partial charge in [0.1, 0.15) is 0 Å². The Hall–Kier alpha value is -1.53. The summed E-state index contributed by atoms with van der Waals surface area (Å²) in [5.74, 6) is -0.201. The number of sulfone groups is 1. The van der Waals surface area contributed by atoms with Gasteiger partial charge in [0.05, 0.1) is 27.1 Å². The van der Waals surface area contributed by atoms with E-state index in [-0.39, 0.29) is 10.6 Å². The van der Waals surface area contributed by atoms with Crippen molar-refractivity contribution in [3.8, 4) is 0 Å². The number of anilines is 1. The molecule has 0 atom stereocenters. The van der Waals surface area contributed by atoms with Gasteiger partial charge in [-0.05, 0) is 31.5 Å². The molecule has 5 nitrogen and oxygen atoms in total. The van der Waals surface area contributed by atoms with Crippen LogP contribution >= 0.6 is 11.6 Å². The van der Waals surface area contributed by atoms with Gasteiger partial charge in [-0.2, -0.15) is 5.10 Å². The van der Waals surface area contributed by atoms with Gasteiger partial charge < -0.3 is 5.73 Å². The zero-order valence-electron chi connectivity index (χ0n) is 11.5. The second-order valence-electron chi connectivity index (χ2n) is 4.70. The standard InChI is InChI=1S/C13H16ClN3O2S/c1-8-10(15)5-4-6-12(8)20(18,19)7-11-13(14)9(2)16-17(11)3/h4-6H,7,15H2,1-3H3. The summed E-state index contributed by atoms with van der Waals surface area (Å²) in [4.78, 5) is 0.229. The fraction of sp³-hybridized carbons (Fsp3) is 0.308. The topological polar surface area (TPSA) is 78.0 Å². The molecule has 0 radical (unpaired) electrons. The molecule has 0 unspecified atom stereocenters. The van der Waals surface area contributed by atoms with E-state index in [9.17, 15) is 8.42 Å². The Morgan fingerprint density at radius 1 is 1.35 bits per heavy atom. The van der Waals surface area contributed by atoms with Crippen molar-refractivity contribution >= 4 is 27.1 Å². The molecule has 2 aromatic rings. The molecule has 108 valence electrons. The minimum Gasteiger partial charge on any atom is -0.398 e. The maximum absolute atomic E-state index is 12.5. The molecule has 0 spiro atoms. The molecule has 0 fully saturated rings. The maximum atomic E-state index is 12.5. The Bertz CT molecular complexity index is 766. The number of benzene rings is 1. The van der Waals surface area contributed by atoms with Crippen LogP contribution in [0.25, 0.3) is 0 Å². The van der Waals surface area contributed by atoms with Gasteiger partial charge in [0.2, 0.25) is 0 Å². The summed E-state index contributed by atoms with van der Waals surface area (Å²) < 4.78 is 26.6. The molecule has 20 heavy (non-hydrogen) atoms. The fourth-order valence-corrected chi connectivity index (χ4v) is 4.09. The van der Waals surface area contributed by atoms with Crippen molar-refractivity contribution in [1.29, 1.82) is 0 Å². The van der Waals surface area contributed by atoms with E-state index in [0.717, 1.165) is 0 Å². The van der Waals surface area contributed by atoms with Crippen LogP contribution in [0.15, 0.2) is 23.1 Å². The van der Waals surface area contributed by atoms with Gasteiger partial charge in [0.15, 0.2) is 9.84 Å². The van der Waals surface area contributed by atoms with Crippen LogP contribution in [-0.4, -0.2) is 18.2 Å². The van der Waals surface area contributed by atoms with Crippen molar-refractivity contribution in [2.45, 2.75) is 24.5 Å². The second-order valence-corrected chi connectivity index (χ2v) is 7.04. The zero-order valence-corrected chi connectivity index (χ0v) is 13.1. The first-order chi connectivity index (χ1) is 9.24. The van der Waals surface area contributed by atoms with E-state index in [1.807, 2.05) is 0 Å². The van der Waals surface area contributed by atoms with Crippen molar-refractivity contribution in [1.82, 2.24) is 9.78 Å². The predicted octanol–water partition coefficient (Wildman–Crippen LogP) is 2.25. The maximum Gasteiger partial charge on any atom is 0.184 e. The molecule has 2 rings (SSSR count). The van der Waals surface area contributed by atoms with Crippen LogP contribution in [0.3, 0.4) is 0 Å². The van der Waals surface area contributed by atoms with Gasteiger partial charge in [-0.3, -0.25) is 4.68 Å². The summed E-state index contributed by atoms with van der Waals surface area (Å²) in [5, 5.41) is 4.51. The zero-order chi connectivity index (χ0) is 15.1. The van der Waals surface area contributed by atoms with Crippen LogP contribution < -0.4 is 5.73 Å². The van der Waals surface area contributed by atoms with Crippen molar-refractivity contribution in [3.05, 3.63) is 40.2 Å². The summed E-state index contributed by atoms with van der Waals surface area (Å²) in [6.45, 7) is 3.43. The third kappa shape index (κ3) is 2.53. The molecular weight excluding hydrogens is 298 g/mol. The summed E-state index contributed by atoms with van der Waals surface area (Å²) in [6, 6.07) is 4.86. The van der Waals surface area contributed by atoms with Crippen molar-refractivity contribution in [2.24, 2.45) is 7.05 Å². The molecule has 1 aromatic carbocycles.